The molecule has 0 unspecified atom stereocenters. The number of hydrogen-bond acceptors (Lipinski definition) is 3. The number of esters is 1. The molecule has 2 aromatic carbocycles. The fourth-order valence-electron chi connectivity index (χ4n) is 4.00. The van der Waals surface area contributed by atoms with Gasteiger partial charge in [0, 0.05) is 22.5 Å². The Balaban J connectivity index is 1.45. The number of methoxy groups -OCH3 is 1. The Bertz CT molecular complexity index is 818. The molecule has 1 fully saturated rings. The van der Waals surface area contributed by atoms with E-state index in [0.717, 1.165) is 6.61 Å². The summed E-state index contributed by atoms with van der Waals surface area (Å²) in [5.41, 5.74) is 1.74. The molecule has 0 aliphatic carbocycles. The Labute approximate surface area is 191 Å². The van der Waals surface area contributed by atoms with E-state index in [9.17, 15) is 4.79 Å². The molecule has 1 aliphatic heterocycles. The van der Waals surface area contributed by atoms with Gasteiger partial charge in [-0.25, -0.2) is 4.79 Å². The lowest BCUT2D eigenvalue weighted by molar-refractivity contribution is 0.0734. The molecule has 1 heterocycles. The predicted octanol–water partition coefficient (Wildman–Crippen LogP) is 7.40. The van der Waals surface area contributed by atoms with Crippen molar-refractivity contribution in [2.24, 2.45) is 0 Å². The van der Waals surface area contributed by atoms with Crippen molar-refractivity contribution in [3.05, 3.63) is 63.6 Å². The maximum atomic E-state index is 12.3. The molecule has 2 aromatic rings. The van der Waals surface area contributed by atoms with Crippen LogP contribution in [0.2, 0.25) is 28.2 Å². The van der Waals surface area contributed by atoms with Gasteiger partial charge >= 0.3 is 5.97 Å². The van der Waals surface area contributed by atoms with Crippen molar-refractivity contribution in [1.82, 2.24) is 0 Å². The van der Waals surface area contributed by atoms with Crippen LogP contribution in [0, 0.1) is 0 Å². The fourth-order valence-corrected chi connectivity index (χ4v) is 7.32. The van der Waals surface area contributed by atoms with Gasteiger partial charge in [-0.1, -0.05) is 66.3 Å². The van der Waals surface area contributed by atoms with Gasteiger partial charge in [-0.05, 0) is 61.1 Å². The van der Waals surface area contributed by atoms with Gasteiger partial charge in [-0.2, -0.15) is 0 Å². The first-order chi connectivity index (χ1) is 14.6. The van der Waals surface area contributed by atoms with E-state index in [0.29, 0.717) is 27.3 Å². The molecule has 0 N–H and O–H groups in total. The van der Waals surface area contributed by atoms with Crippen molar-refractivity contribution in [2.45, 2.75) is 56.2 Å². The fraction of sp³-hybridized carbons (Fsp3) is 0.458. The molecule has 30 heavy (non-hydrogen) atoms. The summed E-state index contributed by atoms with van der Waals surface area (Å²) in [7, 11) is 1.61. The van der Waals surface area contributed by atoms with Gasteiger partial charge in [0.25, 0.3) is 0 Å². The number of ether oxygens (including phenoxy) is 2. The van der Waals surface area contributed by atoms with Crippen LogP contribution in [0.25, 0.3) is 0 Å². The number of unbranched alkanes of at least 4 members (excludes halogenated alkanes) is 2. The van der Waals surface area contributed by atoms with Crippen LogP contribution in [0.4, 0.5) is 0 Å². The highest BCUT2D eigenvalue weighted by Gasteiger charge is 2.23. The van der Waals surface area contributed by atoms with Crippen LogP contribution in [0.1, 0.15) is 53.9 Å². The molecule has 3 rings (SSSR count). The van der Waals surface area contributed by atoms with Crippen LogP contribution in [0.3, 0.4) is 0 Å². The molecule has 1 radical (unpaired) electrons. The van der Waals surface area contributed by atoms with Gasteiger partial charge in [0.05, 0.1) is 15.6 Å². The topological polar surface area (TPSA) is 35.5 Å². The zero-order valence-corrected chi connectivity index (χ0v) is 20.0. The highest BCUT2D eigenvalue weighted by atomic mass is 35.5. The number of carbonyl (C=O) groups is 1. The molecule has 6 heteroatoms. The maximum Gasteiger partial charge on any atom is 0.343 e. The Kier molecular flexibility index (Phi) is 9.25. The Morgan fingerprint density at radius 2 is 1.73 bits per heavy atom. The van der Waals surface area contributed by atoms with E-state index in [4.69, 9.17) is 32.7 Å². The molecule has 1 saturated heterocycles. The van der Waals surface area contributed by atoms with Crippen LogP contribution in [0.15, 0.2) is 42.5 Å². The molecule has 0 bridgehead atoms. The Morgan fingerprint density at radius 1 is 1.00 bits per heavy atom. The molecular formula is C24H29Cl2O3Si. The minimum Gasteiger partial charge on any atom is -0.423 e. The van der Waals surface area contributed by atoms with Crippen LogP contribution in [-0.4, -0.2) is 28.5 Å². The summed E-state index contributed by atoms with van der Waals surface area (Å²) in [6.07, 6.45) is 6.43. The monoisotopic (exact) mass is 463 g/mol. The molecule has 1 aliphatic rings. The molecule has 0 spiro atoms. The number of benzene rings is 2. The predicted molar refractivity (Wildman–Crippen MR) is 126 cm³/mol. The van der Waals surface area contributed by atoms with Gasteiger partial charge in [-0.15, -0.1) is 0 Å². The second-order valence-corrected chi connectivity index (χ2v) is 11.7. The van der Waals surface area contributed by atoms with Crippen molar-refractivity contribution >= 4 is 38.0 Å². The second-order valence-electron chi connectivity index (χ2n) is 7.92. The van der Waals surface area contributed by atoms with Gasteiger partial charge in [-0.3, -0.25) is 0 Å². The normalized spacial score (nSPS) is 15.3. The van der Waals surface area contributed by atoms with E-state index in [1.807, 2.05) is 12.1 Å². The SMILES string of the molecule is COCCCCC[Si]1CCC(c2ccc(OC(=O)c3ccc(Cl)c(Cl)c3)cc2)CC1. The van der Waals surface area contributed by atoms with Crippen molar-refractivity contribution in [3.8, 4) is 5.75 Å². The summed E-state index contributed by atoms with van der Waals surface area (Å²) in [4.78, 5) is 12.3. The van der Waals surface area contributed by atoms with Crippen LogP contribution in [0.5, 0.6) is 5.75 Å². The second kappa shape index (κ2) is 11.9. The van der Waals surface area contributed by atoms with E-state index in [-0.39, 0.29) is 8.80 Å². The molecular weight excluding hydrogens is 435 g/mol. The summed E-state index contributed by atoms with van der Waals surface area (Å²) >= 11 is 11.9. The number of hydrogen-bond donors (Lipinski definition) is 0. The third kappa shape index (κ3) is 6.84. The van der Waals surface area contributed by atoms with Crippen LogP contribution >= 0.6 is 23.2 Å². The van der Waals surface area contributed by atoms with Gasteiger partial charge in [0.2, 0.25) is 0 Å². The highest BCUT2D eigenvalue weighted by Crippen LogP contribution is 2.36. The molecule has 161 valence electrons. The minimum absolute atomic E-state index is 0.166. The van der Waals surface area contributed by atoms with Gasteiger partial charge in [0.1, 0.15) is 5.75 Å². The summed E-state index contributed by atoms with van der Waals surface area (Å²) in [6.45, 7) is 0.892. The van der Waals surface area contributed by atoms with Crippen molar-refractivity contribution in [1.29, 1.82) is 0 Å². The third-order valence-corrected chi connectivity index (χ3v) is 9.58. The van der Waals surface area contributed by atoms with E-state index in [1.165, 1.54) is 61.9 Å². The molecule has 0 amide bonds. The number of rotatable bonds is 9. The van der Waals surface area contributed by atoms with Crippen LogP contribution in [-0.2, 0) is 4.74 Å². The third-order valence-electron chi connectivity index (χ3n) is 5.79. The Morgan fingerprint density at radius 3 is 2.40 bits per heavy atom. The van der Waals surface area contributed by atoms with Gasteiger partial charge < -0.3 is 9.47 Å². The van der Waals surface area contributed by atoms with E-state index in [1.54, 1.807) is 19.2 Å². The van der Waals surface area contributed by atoms with Crippen LogP contribution < -0.4 is 4.74 Å². The number of carbonyl (C=O) groups excluding carboxylic acids is 1. The van der Waals surface area contributed by atoms with Gasteiger partial charge in [0.15, 0.2) is 0 Å². The molecule has 0 aromatic heterocycles. The Hall–Kier alpha value is -1.33. The molecule has 0 atom stereocenters. The smallest absolute Gasteiger partial charge is 0.343 e. The molecule has 0 saturated carbocycles. The highest BCUT2D eigenvalue weighted by molar-refractivity contribution is 6.59. The average Bonchev–Trinajstić information content (AvgIpc) is 2.76. The first-order valence-corrected chi connectivity index (χ1v) is 13.5. The summed E-state index contributed by atoms with van der Waals surface area (Å²) in [5.74, 6) is 0.746. The quantitative estimate of drug-likeness (QED) is 0.168. The molecule has 3 nitrogen and oxygen atoms in total. The zero-order chi connectivity index (χ0) is 21.3. The van der Waals surface area contributed by atoms with E-state index in [2.05, 4.69) is 12.1 Å². The summed E-state index contributed by atoms with van der Waals surface area (Å²) in [6, 6.07) is 17.0. The largest absolute Gasteiger partial charge is 0.423 e. The van der Waals surface area contributed by atoms with Crippen molar-refractivity contribution in [3.63, 3.8) is 0 Å². The standard InChI is InChI=1S/C24H29Cl2O3Si/c1-28-13-3-2-4-14-30-15-11-19(12-16-30)18-5-8-21(9-6-18)29-24(27)20-7-10-22(25)23(26)17-20/h5-10,17,19H,2-4,11-16H2,1H3. The zero-order valence-electron chi connectivity index (χ0n) is 17.5. The lowest BCUT2D eigenvalue weighted by Crippen LogP contribution is -2.20. The first-order valence-electron chi connectivity index (χ1n) is 10.7. The van der Waals surface area contributed by atoms with Crippen molar-refractivity contribution < 1.29 is 14.3 Å². The van der Waals surface area contributed by atoms with E-state index >= 15 is 0 Å². The summed E-state index contributed by atoms with van der Waals surface area (Å²) in [5, 5.41) is 0.760. The lowest BCUT2D eigenvalue weighted by atomic mass is 9.93. The first kappa shape index (κ1) is 23.3. The lowest BCUT2D eigenvalue weighted by Gasteiger charge is -2.28. The van der Waals surface area contributed by atoms with E-state index < -0.39 is 5.97 Å². The summed E-state index contributed by atoms with van der Waals surface area (Å²) < 4.78 is 10.6. The minimum atomic E-state index is -0.434. The van der Waals surface area contributed by atoms with Crippen molar-refractivity contribution in [2.75, 3.05) is 13.7 Å². The maximum absolute atomic E-state index is 12.3. The average molecular weight is 464 g/mol. The number of halogens is 2.